The SMILES string of the molecule is COc1ccc(-c2cc(C#CCO)c(=O)n(C)c2-c2ccncc2)cc1. The van der Waals surface area contributed by atoms with Crippen LogP contribution in [0.4, 0.5) is 0 Å². The van der Waals surface area contributed by atoms with Gasteiger partial charge in [-0.3, -0.25) is 9.78 Å². The molecule has 0 spiro atoms. The molecule has 2 heterocycles. The summed E-state index contributed by atoms with van der Waals surface area (Å²) in [7, 11) is 3.33. The maximum atomic E-state index is 12.7. The van der Waals surface area contributed by atoms with E-state index in [1.165, 1.54) is 0 Å². The van der Waals surface area contributed by atoms with Gasteiger partial charge in [0.1, 0.15) is 12.4 Å². The van der Waals surface area contributed by atoms with Gasteiger partial charge in [-0.2, -0.15) is 0 Å². The van der Waals surface area contributed by atoms with Gasteiger partial charge in [-0.1, -0.05) is 24.0 Å². The second-order valence-corrected chi connectivity index (χ2v) is 5.61. The highest BCUT2D eigenvalue weighted by Gasteiger charge is 2.15. The smallest absolute Gasteiger partial charge is 0.266 e. The summed E-state index contributed by atoms with van der Waals surface area (Å²) in [5.74, 6) is 6.05. The van der Waals surface area contributed by atoms with Crippen LogP contribution in [0.2, 0.25) is 0 Å². The van der Waals surface area contributed by atoms with Crippen LogP contribution in [0.3, 0.4) is 0 Å². The molecule has 0 unspecified atom stereocenters. The van der Waals surface area contributed by atoms with Gasteiger partial charge >= 0.3 is 0 Å². The summed E-state index contributed by atoms with van der Waals surface area (Å²) >= 11 is 0. The molecule has 2 aromatic heterocycles. The number of nitrogens with zero attached hydrogens (tertiary/aromatic N) is 2. The summed E-state index contributed by atoms with van der Waals surface area (Å²) in [6.07, 6.45) is 3.38. The van der Waals surface area contributed by atoms with Crippen molar-refractivity contribution < 1.29 is 9.84 Å². The lowest BCUT2D eigenvalue weighted by Gasteiger charge is -2.16. The van der Waals surface area contributed by atoms with E-state index in [4.69, 9.17) is 9.84 Å². The van der Waals surface area contributed by atoms with Crippen molar-refractivity contribution in [1.29, 1.82) is 0 Å². The fraction of sp³-hybridized carbons (Fsp3) is 0.143. The van der Waals surface area contributed by atoms with Crippen molar-refractivity contribution >= 4 is 0 Å². The van der Waals surface area contributed by atoms with Crippen LogP contribution in [0.5, 0.6) is 5.75 Å². The molecule has 0 radical (unpaired) electrons. The molecule has 0 aliphatic heterocycles. The van der Waals surface area contributed by atoms with E-state index >= 15 is 0 Å². The van der Waals surface area contributed by atoms with E-state index in [0.717, 1.165) is 28.1 Å². The number of aliphatic hydroxyl groups excluding tert-OH is 1. The van der Waals surface area contributed by atoms with Gasteiger partial charge in [-0.25, -0.2) is 0 Å². The van der Waals surface area contributed by atoms with Gasteiger partial charge in [-0.05, 0) is 35.9 Å². The third kappa shape index (κ3) is 3.37. The van der Waals surface area contributed by atoms with Crippen LogP contribution >= 0.6 is 0 Å². The van der Waals surface area contributed by atoms with Crippen molar-refractivity contribution in [3.8, 4) is 40.0 Å². The summed E-state index contributed by atoms with van der Waals surface area (Å²) in [4.78, 5) is 16.7. The molecule has 0 aliphatic carbocycles. The Morgan fingerprint density at radius 3 is 2.42 bits per heavy atom. The van der Waals surface area contributed by atoms with E-state index in [9.17, 15) is 4.79 Å². The van der Waals surface area contributed by atoms with E-state index in [1.54, 1.807) is 37.2 Å². The number of ether oxygens (including phenoxy) is 1. The first-order chi connectivity index (χ1) is 12.7. The standard InChI is InChI=1S/C21H18N2O3/c1-23-20(16-9-11-22-12-10-16)19(14-17(21(23)25)4-3-13-24)15-5-7-18(26-2)8-6-15/h5-12,14,24H,13H2,1-2H3. The van der Waals surface area contributed by atoms with Gasteiger partial charge in [0.15, 0.2) is 0 Å². The van der Waals surface area contributed by atoms with E-state index in [1.807, 2.05) is 36.4 Å². The minimum atomic E-state index is -0.298. The maximum absolute atomic E-state index is 12.7. The van der Waals surface area contributed by atoms with Gasteiger partial charge in [0.05, 0.1) is 18.4 Å². The van der Waals surface area contributed by atoms with Crippen molar-refractivity contribution in [3.63, 3.8) is 0 Å². The molecule has 5 nitrogen and oxygen atoms in total. The molecule has 0 amide bonds. The molecule has 0 saturated carbocycles. The average molecular weight is 346 g/mol. The monoisotopic (exact) mass is 346 g/mol. The fourth-order valence-corrected chi connectivity index (χ4v) is 2.81. The zero-order valence-corrected chi connectivity index (χ0v) is 14.6. The quantitative estimate of drug-likeness (QED) is 0.740. The molecule has 26 heavy (non-hydrogen) atoms. The minimum absolute atomic E-state index is 0.213. The lowest BCUT2D eigenvalue weighted by molar-refractivity contribution is 0.350. The topological polar surface area (TPSA) is 64.3 Å². The summed E-state index contributed by atoms with van der Waals surface area (Å²) in [5, 5.41) is 8.96. The summed E-state index contributed by atoms with van der Waals surface area (Å²) in [6, 6.07) is 13.1. The second-order valence-electron chi connectivity index (χ2n) is 5.61. The van der Waals surface area contributed by atoms with E-state index in [2.05, 4.69) is 16.8 Å². The predicted octanol–water partition coefficient (Wildman–Crippen LogP) is 2.47. The molecule has 0 bridgehead atoms. The van der Waals surface area contributed by atoms with Gasteiger partial charge in [0.2, 0.25) is 0 Å². The number of hydrogen-bond donors (Lipinski definition) is 1. The largest absolute Gasteiger partial charge is 0.497 e. The molecule has 0 atom stereocenters. The first kappa shape index (κ1) is 17.5. The summed E-state index contributed by atoms with van der Waals surface area (Å²) in [6.45, 7) is -0.298. The lowest BCUT2D eigenvalue weighted by Crippen LogP contribution is -2.22. The minimum Gasteiger partial charge on any atom is -0.497 e. The second kappa shape index (κ2) is 7.68. The van der Waals surface area contributed by atoms with Crippen LogP contribution in [0.1, 0.15) is 5.56 Å². The number of hydrogen-bond acceptors (Lipinski definition) is 4. The highest BCUT2D eigenvalue weighted by Crippen LogP contribution is 2.32. The predicted molar refractivity (Wildman–Crippen MR) is 101 cm³/mol. The maximum Gasteiger partial charge on any atom is 0.266 e. The molecular formula is C21H18N2O3. The third-order valence-electron chi connectivity index (χ3n) is 4.07. The molecule has 0 saturated heterocycles. The third-order valence-corrected chi connectivity index (χ3v) is 4.07. The lowest BCUT2D eigenvalue weighted by atomic mass is 9.97. The molecule has 0 fully saturated rings. The fourth-order valence-electron chi connectivity index (χ4n) is 2.81. The Kier molecular flexibility index (Phi) is 5.16. The van der Waals surface area contributed by atoms with Crippen LogP contribution in [0, 0.1) is 11.8 Å². The first-order valence-electron chi connectivity index (χ1n) is 8.04. The Morgan fingerprint density at radius 1 is 1.12 bits per heavy atom. The van der Waals surface area contributed by atoms with Gasteiger partial charge in [0.25, 0.3) is 5.56 Å². The van der Waals surface area contributed by atoms with Crippen molar-refractivity contribution in [2.75, 3.05) is 13.7 Å². The molecule has 3 rings (SSSR count). The average Bonchev–Trinajstić information content (AvgIpc) is 2.69. The highest BCUT2D eigenvalue weighted by atomic mass is 16.5. The van der Waals surface area contributed by atoms with Crippen LogP contribution in [-0.4, -0.2) is 28.4 Å². The summed E-state index contributed by atoms with van der Waals surface area (Å²) < 4.78 is 6.81. The number of aliphatic hydroxyl groups is 1. The highest BCUT2D eigenvalue weighted by molar-refractivity contribution is 5.82. The van der Waals surface area contributed by atoms with E-state index in [-0.39, 0.29) is 12.2 Å². The molecule has 3 aromatic rings. The molecule has 1 N–H and O–H groups in total. The van der Waals surface area contributed by atoms with Crippen LogP contribution < -0.4 is 10.3 Å². The van der Waals surface area contributed by atoms with E-state index in [0.29, 0.717) is 5.56 Å². The Labute approximate surface area is 151 Å². The van der Waals surface area contributed by atoms with Gasteiger partial charge < -0.3 is 14.4 Å². The number of pyridine rings is 2. The number of aromatic nitrogens is 2. The molecule has 1 aromatic carbocycles. The Morgan fingerprint density at radius 2 is 1.81 bits per heavy atom. The van der Waals surface area contributed by atoms with Gasteiger partial charge in [-0.15, -0.1) is 0 Å². The van der Waals surface area contributed by atoms with E-state index < -0.39 is 0 Å². The molecule has 0 aliphatic rings. The zero-order valence-electron chi connectivity index (χ0n) is 14.6. The van der Waals surface area contributed by atoms with Crippen LogP contribution in [-0.2, 0) is 7.05 Å². The van der Waals surface area contributed by atoms with Crippen molar-refractivity contribution in [3.05, 3.63) is 70.8 Å². The molecule has 5 heteroatoms. The number of benzene rings is 1. The van der Waals surface area contributed by atoms with Crippen molar-refractivity contribution in [2.45, 2.75) is 0 Å². The van der Waals surface area contributed by atoms with Crippen LogP contribution in [0.25, 0.3) is 22.4 Å². The Balaban J connectivity index is 2.31. The molecule has 130 valence electrons. The Bertz CT molecular complexity index is 1030. The summed E-state index contributed by atoms with van der Waals surface area (Å²) in [5.41, 5.74) is 3.58. The number of rotatable bonds is 3. The normalized spacial score (nSPS) is 10.1. The van der Waals surface area contributed by atoms with Gasteiger partial charge in [0, 0.05) is 30.6 Å². The van der Waals surface area contributed by atoms with Crippen molar-refractivity contribution in [2.24, 2.45) is 7.05 Å². The first-order valence-corrected chi connectivity index (χ1v) is 8.04. The Hall–Kier alpha value is -3.36. The van der Waals surface area contributed by atoms with Crippen LogP contribution in [0.15, 0.2) is 59.7 Å². The zero-order chi connectivity index (χ0) is 18.5. The molecular weight excluding hydrogens is 328 g/mol. The number of methoxy groups -OCH3 is 1. The van der Waals surface area contributed by atoms with Crippen molar-refractivity contribution in [1.82, 2.24) is 9.55 Å².